The van der Waals surface area contributed by atoms with Crippen molar-refractivity contribution >= 4 is 46.6 Å². The number of piperidine rings is 1. The third kappa shape index (κ3) is 7.28. The number of fused-ring (bicyclic) bond motifs is 4. The monoisotopic (exact) mass is 784 g/mol. The number of carbonyl (C=O) groups is 4. The molecule has 0 spiro atoms. The minimum atomic E-state index is -0.409. The largest absolute Gasteiger partial charge is 0.469 e. The Bertz CT molecular complexity index is 2190. The lowest BCUT2D eigenvalue weighted by molar-refractivity contribution is -0.149. The second-order valence-electron chi connectivity index (χ2n) is 17.8. The highest BCUT2D eigenvalue weighted by atomic mass is 16.5. The van der Waals surface area contributed by atoms with E-state index in [1.54, 1.807) is 0 Å². The number of hydrogen-bond acceptors (Lipinski definition) is 8. The van der Waals surface area contributed by atoms with Crippen molar-refractivity contribution < 1.29 is 28.7 Å². The molecule has 1 aliphatic carbocycles. The molecular formula is C48H56N4O6. The molecule has 58 heavy (non-hydrogen) atoms. The molecule has 8 rings (SSSR count). The molecule has 1 saturated carbocycles. The molecule has 5 atom stereocenters. The molecule has 3 aromatic rings. The van der Waals surface area contributed by atoms with E-state index < -0.39 is 11.8 Å². The van der Waals surface area contributed by atoms with Crippen molar-refractivity contribution in [3.8, 4) is 22.3 Å². The topological polar surface area (TPSA) is 118 Å². The Balaban J connectivity index is 0.939. The summed E-state index contributed by atoms with van der Waals surface area (Å²) in [5, 5.41) is 0. The molecule has 0 radical (unpaired) electrons. The van der Waals surface area contributed by atoms with Crippen LogP contribution in [0.4, 0.5) is 11.4 Å². The molecule has 4 aliphatic heterocycles. The molecule has 4 heterocycles. The number of nitrogens with zero attached hydrogens (tertiary/aromatic N) is 4. The lowest BCUT2D eigenvalue weighted by atomic mass is 9.84. The maximum absolute atomic E-state index is 14.1. The van der Waals surface area contributed by atoms with Crippen molar-refractivity contribution in [2.24, 2.45) is 39.6 Å². The minimum Gasteiger partial charge on any atom is -0.469 e. The van der Waals surface area contributed by atoms with E-state index in [2.05, 4.69) is 65.6 Å². The van der Waals surface area contributed by atoms with Crippen molar-refractivity contribution in [3.05, 3.63) is 71.8 Å². The smallest absolute Gasteiger partial charge is 0.306 e. The molecule has 0 N–H and O–H groups in total. The van der Waals surface area contributed by atoms with Gasteiger partial charge in [0.05, 0.1) is 61.9 Å². The van der Waals surface area contributed by atoms with Crippen molar-refractivity contribution in [3.63, 3.8) is 0 Å². The van der Waals surface area contributed by atoms with Crippen molar-refractivity contribution in [1.29, 1.82) is 0 Å². The van der Waals surface area contributed by atoms with Gasteiger partial charge in [0.15, 0.2) is 0 Å². The van der Waals surface area contributed by atoms with Gasteiger partial charge in [-0.3, -0.25) is 29.2 Å². The van der Waals surface area contributed by atoms with Gasteiger partial charge in [-0.2, -0.15) is 0 Å². The quantitative estimate of drug-likeness (QED) is 0.171. The molecule has 10 nitrogen and oxygen atoms in total. The number of methoxy groups -OCH3 is 2. The van der Waals surface area contributed by atoms with Gasteiger partial charge in [-0.05, 0) is 108 Å². The molecule has 3 aromatic carbocycles. The maximum atomic E-state index is 14.1. The lowest BCUT2D eigenvalue weighted by Crippen LogP contribution is -2.55. The van der Waals surface area contributed by atoms with Crippen LogP contribution in [-0.2, 0) is 41.5 Å². The minimum absolute atomic E-state index is 0.0196. The molecule has 3 unspecified atom stereocenters. The van der Waals surface area contributed by atoms with E-state index in [9.17, 15) is 19.2 Å². The van der Waals surface area contributed by atoms with E-state index in [0.29, 0.717) is 18.9 Å². The van der Waals surface area contributed by atoms with Crippen molar-refractivity contribution in [1.82, 2.24) is 9.80 Å². The van der Waals surface area contributed by atoms with Gasteiger partial charge in [-0.1, -0.05) is 64.1 Å². The van der Waals surface area contributed by atoms with Crippen molar-refractivity contribution in [2.75, 3.05) is 27.3 Å². The summed E-state index contributed by atoms with van der Waals surface area (Å²) in [5.41, 5.74) is 10.5. The second kappa shape index (κ2) is 15.9. The Morgan fingerprint density at radius 2 is 1.28 bits per heavy atom. The summed E-state index contributed by atoms with van der Waals surface area (Å²) in [6, 6.07) is 21.6. The fraction of sp³-hybridized carbons (Fsp3) is 0.500. The fourth-order valence-electron chi connectivity index (χ4n) is 10.3. The SMILES string of the molecule is COC(=O)C[C@H](C(=O)N1CCCC1C1=Nc2ccc(-c3ccc(-c4ccc5c(c4)CC(C46CCC(CN4C(=O)[C@@H](CC(=O)OC)C(C)C)C6)=N5)cc3)cc2C1)C(C)C. The number of esters is 2. The van der Waals surface area contributed by atoms with Crippen LogP contribution >= 0.6 is 0 Å². The zero-order valence-electron chi connectivity index (χ0n) is 34.8. The zero-order chi connectivity index (χ0) is 40.9. The normalized spacial score (nSPS) is 22.8. The highest BCUT2D eigenvalue weighted by Crippen LogP contribution is 2.51. The van der Waals surface area contributed by atoms with E-state index >= 15 is 0 Å². The molecular weight excluding hydrogens is 729 g/mol. The number of ether oxygens (including phenoxy) is 2. The number of amides is 2. The van der Waals surface area contributed by atoms with Gasteiger partial charge in [-0.15, -0.1) is 0 Å². The van der Waals surface area contributed by atoms with Crippen LogP contribution in [0.5, 0.6) is 0 Å². The average molecular weight is 785 g/mol. The van der Waals surface area contributed by atoms with Gasteiger partial charge in [0.25, 0.3) is 0 Å². The van der Waals surface area contributed by atoms with Crippen LogP contribution in [0.1, 0.15) is 83.8 Å². The first kappa shape index (κ1) is 39.7. The predicted molar refractivity (Wildman–Crippen MR) is 225 cm³/mol. The molecule has 0 aromatic heterocycles. The van der Waals surface area contributed by atoms with E-state index in [1.807, 2.05) is 32.6 Å². The summed E-state index contributed by atoms with van der Waals surface area (Å²) >= 11 is 0. The molecule has 2 saturated heterocycles. The summed E-state index contributed by atoms with van der Waals surface area (Å²) in [7, 11) is 2.75. The van der Waals surface area contributed by atoms with E-state index in [0.717, 1.165) is 90.1 Å². The Morgan fingerprint density at radius 1 is 0.724 bits per heavy atom. The first-order chi connectivity index (χ1) is 27.9. The number of hydrogen-bond donors (Lipinski definition) is 0. The summed E-state index contributed by atoms with van der Waals surface area (Å²) in [4.78, 5) is 66.5. The number of benzene rings is 3. The number of rotatable bonds is 12. The highest BCUT2D eigenvalue weighted by molar-refractivity contribution is 6.05. The van der Waals surface area contributed by atoms with E-state index in [1.165, 1.54) is 25.3 Å². The molecule has 304 valence electrons. The lowest BCUT2D eigenvalue weighted by Gasteiger charge is -2.41. The molecule has 2 bridgehead atoms. The van der Waals surface area contributed by atoms with Crippen molar-refractivity contribution in [2.45, 2.75) is 97.1 Å². The first-order valence-corrected chi connectivity index (χ1v) is 21.2. The van der Waals surface area contributed by atoms with Gasteiger partial charge in [-0.25, -0.2) is 0 Å². The zero-order valence-corrected chi connectivity index (χ0v) is 34.8. The Labute approximate surface area is 342 Å². The molecule has 5 aliphatic rings. The number of aliphatic imine (C=N–C) groups is 2. The molecule has 10 heteroatoms. The summed E-state index contributed by atoms with van der Waals surface area (Å²) in [5.74, 6) is -0.918. The third-order valence-electron chi connectivity index (χ3n) is 13.7. The number of likely N-dealkylation sites (tertiary alicyclic amines) is 2. The maximum Gasteiger partial charge on any atom is 0.306 e. The average Bonchev–Trinajstić information content (AvgIpc) is 4.08. The Morgan fingerprint density at radius 3 is 1.84 bits per heavy atom. The van der Waals surface area contributed by atoms with E-state index in [4.69, 9.17) is 19.5 Å². The Kier molecular flexibility index (Phi) is 10.9. The van der Waals surface area contributed by atoms with Crippen LogP contribution in [0.15, 0.2) is 70.6 Å². The highest BCUT2D eigenvalue weighted by Gasteiger charge is 2.57. The fourth-order valence-corrected chi connectivity index (χ4v) is 10.3. The third-order valence-corrected chi connectivity index (χ3v) is 13.7. The van der Waals surface area contributed by atoms with Gasteiger partial charge in [0.1, 0.15) is 0 Å². The van der Waals surface area contributed by atoms with Crippen LogP contribution in [0, 0.1) is 29.6 Å². The second-order valence-corrected chi connectivity index (χ2v) is 17.8. The van der Waals surface area contributed by atoms with Gasteiger partial charge < -0.3 is 19.3 Å². The van der Waals surface area contributed by atoms with Gasteiger partial charge in [0, 0.05) is 37.4 Å². The summed E-state index contributed by atoms with van der Waals surface area (Å²) < 4.78 is 9.86. The predicted octanol–water partition coefficient (Wildman–Crippen LogP) is 8.32. The van der Waals surface area contributed by atoms with Crippen LogP contribution in [0.2, 0.25) is 0 Å². The van der Waals surface area contributed by atoms with Crippen LogP contribution in [0.3, 0.4) is 0 Å². The van der Waals surface area contributed by atoms with E-state index in [-0.39, 0.29) is 60.0 Å². The number of carbonyl (C=O) groups excluding carboxylic acids is 4. The van der Waals surface area contributed by atoms with Gasteiger partial charge >= 0.3 is 11.9 Å². The standard InChI is InChI=1S/C48H56N4O6/c1-28(2)37(24-44(53)57-5)46(55)51-19-7-8-42(51)41-22-35-20-33(13-15-39(35)49-41)31-9-11-32(12-10-31)34-14-16-40-36(21-34)23-43(50-40)48-18-17-30(26-48)27-52(48)47(56)38(29(3)4)25-45(54)58-6/h9-16,20-21,28-30,37-38,42H,7-8,17-19,22-27H2,1-6H3/t30?,37-,38-,42?,48?/m0/s1. The van der Waals surface area contributed by atoms with Crippen LogP contribution < -0.4 is 0 Å². The van der Waals surface area contributed by atoms with Crippen LogP contribution in [0.25, 0.3) is 22.3 Å². The summed E-state index contributed by atoms with van der Waals surface area (Å²) in [6.45, 7) is 9.41. The Hall–Kier alpha value is -5.12. The molecule has 2 amide bonds. The first-order valence-electron chi connectivity index (χ1n) is 21.2. The van der Waals surface area contributed by atoms with Gasteiger partial charge in [0.2, 0.25) is 11.8 Å². The molecule has 3 fully saturated rings. The van der Waals surface area contributed by atoms with Crippen LogP contribution in [-0.4, -0.2) is 83.9 Å². The summed E-state index contributed by atoms with van der Waals surface area (Å²) in [6.07, 6.45) is 6.37.